The van der Waals surface area contributed by atoms with E-state index in [1.54, 1.807) is 50.2 Å². The summed E-state index contributed by atoms with van der Waals surface area (Å²) >= 11 is 12.1. The molecular weight excluding hydrogens is 659 g/mol. The average Bonchev–Trinajstić information content (AvgIpc) is 3.69. The van der Waals surface area contributed by atoms with Gasteiger partial charge in [-0.2, -0.15) is 0 Å². The van der Waals surface area contributed by atoms with Gasteiger partial charge in [0.05, 0.1) is 13.2 Å². The largest absolute Gasteiger partial charge is 0.464 e. The van der Waals surface area contributed by atoms with E-state index in [1.807, 2.05) is 12.1 Å². The Balaban J connectivity index is 0.000000188. The maximum Gasteiger partial charge on any atom is 0.329 e. The molecule has 0 saturated carbocycles. The molecule has 0 bridgehead atoms. The van der Waals surface area contributed by atoms with E-state index in [0.29, 0.717) is 70.4 Å². The zero-order chi connectivity index (χ0) is 34.5. The van der Waals surface area contributed by atoms with Crippen LogP contribution in [0.4, 0.5) is 11.4 Å². The number of esters is 2. The van der Waals surface area contributed by atoms with Crippen molar-refractivity contribution in [3.63, 3.8) is 0 Å². The lowest BCUT2D eigenvalue weighted by atomic mass is 10.0. The van der Waals surface area contributed by atoms with E-state index in [9.17, 15) is 19.2 Å². The van der Waals surface area contributed by atoms with E-state index in [2.05, 4.69) is 10.0 Å². The Morgan fingerprint density at radius 2 is 1.29 bits per heavy atom. The summed E-state index contributed by atoms with van der Waals surface area (Å²) in [7, 11) is 0. The third kappa shape index (κ3) is 7.11. The number of halogens is 2. The summed E-state index contributed by atoms with van der Waals surface area (Å²) in [6, 6.07) is 15.5. The predicted octanol–water partition coefficient (Wildman–Crippen LogP) is 6.96. The Kier molecular flexibility index (Phi) is 10.6. The summed E-state index contributed by atoms with van der Waals surface area (Å²) in [5.74, 6) is -0.753. The molecule has 2 aromatic heterocycles. The van der Waals surface area contributed by atoms with Gasteiger partial charge in [0.2, 0.25) is 0 Å². The molecule has 0 unspecified atom stereocenters. The van der Waals surface area contributed by atoms with Gasteiger partial charge in [-0.15, -0.1) is 0 Å². The van der Waals surface area contributed by atoms with Crippen molar-refractivity contribution in [1.29, 1.82) is 0 Å². The molecule has 4 heterocycles. The number of carbonyl (C=O) groups excluding carboxylic acids is 2. The number of nitrogens with zero attached hydrogens (tertiary/aromatic N) is 5. The first-order chi connectivity index (χ1) is 23.1. The lowest BCUT2D eigenvalue weighted by Gasteiger charge is -2.14. The van der Waals surface area contributed by atoms with Gasteiger partial charge in [-0.1, -0.05) is 34.4 Å². The summed E-state index contributed by atoms with van der Waals surface area (Å²) in [6.45, 7) is 4.06. The number of benzene rings is 2. The maximum atomic E-state index is 12.6. The topological polar surface area (TPSA) is 171 Å². The van der Waals surface area contributed by atoms with Gasteiger partial charge in [0.1, 0.15) is 12.1 Å². The van der Waals surface area contributed by atoms with E-state index in [1.165, 1.54) is 21.3 Å². The first kappa shape index (κ1) is 34.3. The fourth-order valence-electron chi connectivity index (χ4n) is 6.08. The molecule has 0 radical (unpaired) electrons. The van der Waals surface area contributed by atoms with Crippen molar-refractivity contribution in [2.75, 3.05) is 18.9 Å². The molecule has 0 amide bonds. The van der Waals surface area contributed by atoms with Crippen molar-refractivity contribution in [3.8, 4) is 22.3 Å². The Hall–Kier alpha value is -5.03. The number of nitrogens with two attached hydrogens (primary N) is 1. The predicted molar refractivity (Wildman–Crippen MR) is 183 cm³/mol. The van der Waals surface area contributed by atoms with E-state index in [-0.39, 0.29) is 23.7 Å². The zero-order valence-corrected chi connectivity index (χ0v) is 27.7. The molecule has 2 aliphatic heterocycles. The van der Waals surface area contributed by atoms with E-state index < -0.39 is 18.1 Å². The van der Waals surface area contributed by atoms with Crippen LogP contribution in [0.3, 0.4) is 0 Å². The highest BCUT2D eigenvalue weighted by Crippen LogP contribution is 2.35. The molecule has 14 heteroatoms. The second-order valence-electron chi connectivity index (χ2n) is 11.1. The number of carbonyl (C=O) groups is 2. The maximum absolute atomic E-state index is 12.6. The molecule has 0 saturated heterocycles. The van der Waals surface area contributed by atoms with Crippen molar-refractivity contribution >= 4 is 46.5 Å². The SMILES string of the molecule is CCOC(=O)[C@@H]1CCc2cc(-c3cc(Cl)ccc3N)cc(=O)n21.CCOC(=O)[C@@H]1CCc2cc(-c3cc(Cl)ccc3N=[N+]=[N-])cc(=O)n21. The van der Waals surface area contributed by atoms with Gasteiger partial charge >= 0.3 is 11.9 Å². The number of hydrogen-bond donors (Lipinski definition) is 1. The van der Waals surface area contributed by atoms with Crippen LogP contribution in [0.5, 0.6) is 0 Å². The van der Waals surface area contributed by atoms with Crippen LogP contribution in [0, 0.1) is 0 Å². The lowest BCUT2D eigenvalue weighted by molar-refractivity contribution is -0.147. The summed E-state index contributed by atoms with van der Waals surface area (Å²) in [4.78, 5) is 51.9. The summed E-state index contributed by atoms with van der Waals surface area (Å²) < 4.78 is 13.1. The highest BCUT2D eigenvalue weighted by Gasteiger charge is 2.32. The number of azide groups is 1. The Labute approximate surface area is 285 Å². The van der Waals surface area contributed by atoms with Gasteiger partial charge in [-0.3, -0.25) is 18.7 Å². The number of ether oxygens (including phenoxy) is 2. The first-order valence-electron chi connectivity index (χ1n) is 15.3. The molecule has 2 N–H and O–H groups in total. The molecule has 0 aliphatic carbocycles. The standard InChI is InChI=1S/C17H15ClN4O3.C17H17ClN2O3/c1-2-25-17(24)15-6-4-12-7-10(8-16(23)22(12)15)13-9-11(18)3-5-14(13)20-21-19;1-2-23-17(22)15-6-4-12-7-10(8-16(21)20(12)15)13-9-11(18)3-5-14(13)19/h3,5,7-9,15H,2,4,6H2,1H3;3,5,7-9,15H,2,4,6,19H2,1H3/t2*15-/m00/s1. The van der Waals surface area contributed by atoms with Gasteiger partial charge in [0.15, 0.2) is 0 Å². The fourth-order valence-corrected chi connectivity index (χ4v) is 6.42. The third-order valence-electron chi connectivity index (χ3n) is 8.13. The minimum absolute atomic E-state index is 0.229. The van der Waals surface area contributed by atoms with Gasteiger partial charge in [-0.05, 0) is 104 Å². The molecule has 0 fully saturated rings. The molecule has 12 nitrogen and oxygen atoms in total. The molecule has 248 valence electrons. The molecule has 4 aromatic rings. The number of hydrogen-bond acceptors (Lipinski definition) is 8. The molecule has 48 heavy (non-hydrogen) atoms. The summed E-state index contributed by atoms with van der Waals surface area (Å²) in [5, 5.41) is 4.68. The number of pyridine rings is 2. The van der Waals surface area contributed by atoms with Gasteiger partial charge < -0.3 is 15.2 Å². The molecular formula is C34H32Cl2N6O6. The minimum Gasteiger partial charge on any atom is -0.464 e. The summed E-state index contributed by atoms with van der Waals surface area (Å²) in [5.41, 5.74) is 19.3. The number of anilines is 1. The highest BCUT2D eigenvalue weighted by molar-refractivity contribution is 6.31. The summed E-state index contributed by atoms with van der Waals surface area (Å²) in [6.07, 6.45) is 2.33. The third-order valence-corrected chi connectivity index (χ3v) is 8.60. The van der Waals surface area contributed by atoms with Crippen molar-refractivity contribution in [2.24, 2.45) is 5.11 Å². The van der Waals surface area contributed by atoms with Crippen LogP contribution in [0.1, 0.15) is 50.2 Å². The molecule has 2 aromatic carbocycles. The van der Waals surface area contributed by atoms with Gasteiger partial charge in [-0.25, -0.2) is 9.59 Å². The number of aryl methyl sites for hydroxylation is 2. The van der Waals surface area contributed by atoms with Crippen molar-refractivity contribution in [3.05, 3.63) is 113 Å². The molecule has 2 aliphatic rings. The van der Waals surface area contributed by atoms with Crippen molar-refractivity contribution < 1.29 is 19.1 Å². The average molecular weight is 692 g/mol. The normalized spacial score (nSPS) is 15.8. The van der Waals surface area contributed by atoms with Crippen LogP contribution in [-0.4, -0.2) is 34.3 Å². The highest BCUT2D eigenvalue weighted by atomic mass is 35.5. The van der Waals surface area contributed by atoms with Crippen LogP contribution >= 0.6 is 23.2 Å². The van der Waals surface area contributed by atoms with Crippen LogP contribution in [-0.2, 0) is 31.9 Å². The van der Waals surface area contributed by atoms with E-state index in [4.69, 9.17) is 43.9 Å². The van der Waals surface area contributed by atoms with Crippen LogP contribution in [0.15, 0.2) is 75.4 Å². The number of nitrogen functional groups attached to an aromatic ring is 1. The second kappa shape index (κ2) is 14.8. The fraction of sp³-hybridized carbons (Fsp3) is 0.294. The Morgan fingerprint density at radius 3 is 1.79 bits per heavy atom. The molecule has 2 atom stereocenters. The van der Waals surface area contributed by atoms with Crippen LogP contribution in [0.25, 0.3) is 32.7 Å². The quantitative estimate of drug-likeness (QED) is 0.0717. The van der Waals surface area contributed by atoms with Crippen LogP contribution < -0.4 is 16.9 Å². The Morgan fingerprint density at radius 1 is 0.812 bits per heavy atom. The molecule has 0 spiro atoms. The van der Waals surface area contributed by atoms with Crippen LogP contribution in [0.2, 0.25) is 10.0 Å². The lowest BCUT2D eigenvalue weighted by Crippen LogP contribution is -2.28. The van der Waals surface area contributed by atoms with Gasteiger partial charge in [0, 0.05) is 55.4 Å². The number of fused-ring (bicyclic) bond motifs is 2. The second-order valence-corrected chi connectivity index (χ2v) is 12.0. The smallest absolute Gasteiger partial charge is 0.329 e. The van der Waals surface area contributed by atoms with Crippen molar-refractivity contribution in [1.82, 2.24) is 9.13 Å². The van der Waals surface area contributed by atoms with E-state index in [0.717, 1.165) is 17.0 Å². The van der Waals surface area contributed by atoms with Gasteiger partial charge in [0.25, 0.3) is 11.1 Å². The van der Waals surface area contributed by atoms with Crippen molar-refractivity contribution in [2.45, 2.75) is 51.6 Å². The number of rotatable bonds is 7. The monoisotopic (exact) mass is 690 g/mol. The molecule has 6 rings (SSSR count). The zero-order valence-electron chi connectivity index (χ0n) is 26.2. The Bertz CT molecular complexity index is 2070. The van der Waals surface area contributed by atoms with E-state index >= 15 is 0 Å². The first-order valence-corrected chi connectivity index (χ1v) is 16.1. The minimum atomic E-state index is -0.590. The number of aromatic nitrogens is 2.